The maximum Gasteiger partial charge on any atom is 0.149 e. The number of methoxy groups -OCH3 is 1. The van der Waals surface area contributed by atoms with Crippen LogP contribution >= 0.6 is 0 Å². The maximum absolute atomic E-state index is 13.8. The zero-order valence-electron chi connectivity index (χ0n) is 9.80. The van der Waals surface area contributed by atoms with Gasteiger partial charge < -0.3 is 4.74 Å². The average molecular weight is 253 g/mol. The number of pyridine rings is 1. The summed E-state index contributed by atoms with van der Waals surface area (Å²) in [6.45, 7) is 1.65. The van der Waals surface area contributed by atoms with Crippen molar-refractivity contribution in [2.75, 3.05) is 7.11 Å². The van der Waals surface area contributed by atoms with Gasteiger partial charge in [-0.05, 0) is 19.1 Å². The van der Waals surface area contributed by atoms with Crippen molar-refractivity contribution >= 4 is 0 Å². The Morgan fingerprint density at radius 3 is 2.44 bits per heavy atom. The Morgan fingerprint density at radius 1 is 1.06 bits per heavy atom. The van der Waals surface area contributed by atoms with Gasteiger partial charge in [-0.25, -0.2) is 18.2 Å². The molecule has 0 saturated heterocycles. The molecule has 0 unspecified atom stereocenters. The minimum absolute atomic E-state index is 0.0931. The first-order valence-electron chi connectivity index (χ1n) is 5.19. The lowest BCUT2D eigenvalue weighted by atomic mass is 10.1. The predicted molar refractivity (Wildman–Crippen MR) is 60.8 cm³/mol. The van der Waals surface area contributed by atoms with E-state index in [1.807, 2.05) is 0 Å². The second-order valence-electron chi connectivity index (χ2n) is 3.75. The van der Waals surface area contributed by atoms with Gasteiger partial charge in [0.25, 0.3) is 0 Å². The van der Waals surface area contributed by atoms with E-state index in [0.717, 1.165) is 6.07 Å². The largest absolute Gasteiger partial charge is 0.496 e. The third kappa shape index (κ3) is 2.16. The van der Waals surface area contributed by atoms with Gasteiger partial charge in [-0.1, -0.05) is 0 Å². The average Bonchev–Trinajstić information content (AvgIpc) is 2.32. The SMILES string of the molecule is COc1cc(F)cc(F)c1-c1nc(C)ccc1F. The molecule has 0 atom stereocenters. The summed E-state index contributed by atoms with van der Waals surface area (Å²) in [6, 6.07) is 4.30. The molecule has 0 aliphatic carbocycles. The smallest absolute Gasteiger partial charge is 0.149 e. The van der Waals surface area contributed by atoms with Crippen LogP contribution in [0.1, 0.15) is 5.69 Å². The molecule has 1 aromatic carbocycles. The molecule has 0 spiro atoms. The molecule has 5 heteroatoms. The lowest BCUT2D eigenvalue weighted by Gasteiger charge is -2.10. The van der Waals surface area contributed by atoms with Crippen LogP contribution < -0.4 is 4.74 Å². The number of aryl methyl sites for hydroxylation is 1. The van der Waals surface area contributed by atoms with Gasteiger partial charge in [-0.3, -0.25) is 0 Å². The Morgan fingerprint density at radius 2 is 1.78 bits per heavy atom. The second-order valence-corrected chi connectivity index (χ2v) is 3.75. The first-order chi connectivity index (χ1) is 8.52. The molecule has 0 radical (unpaired) electrons. The van der Waals surface area contributed by atoms with Crippen LogP contribution in [0, 0.1) is 24.4 Å². The summed E-state index contributed by atoms with van der Waals surface area (Å²) in [7, 11) is 1.26. The van der Waals surface area contributed by atoms with E-state index < -0.39 is 17.5 Å². The molecule has 0 fully saturated rings. The molecule has 2 aromatic rings. The van der Waals surface area contributed by atoms with Gasteiger partial charge in [-0.15, -0.1) is 0 Å². The minimum atomic E-state index is -0.913. The number of rotatable bonds is 2. The van der Waals surface area contributed by atoms with E-state index in [1.54, 1.807) is 6.92 Å². The van der Waals surface area contributed by atoms with Crippen molar-refractivity contribution in [2.45, 2.75) is 6.92 Å². The molecule has 18 heavy (non-hydrogen) atoms. The monoisotopic (exact) mass is 253 g/mol. The molecule has 94 valence electrons. The van der Waals surface area contributed by atoms with Crippen LogP contribution in [-0.2, 0) is 0 Å². The Kier molecular flexibility index (Phi) is 3.23. The summed E-state index contributed by atoms with van der Waals surface area (Å²) >= 11 is 0. The fourth-order valence-electron chi connectivity index (χ4n) is 1.66. The zero-order chi connectivity index (χ0) is 13.3. The van der Waals surface area contributed by atoms with Gasteiger partial charge in [0.15, 0.2) is 0 Å². The molecule has 2 nitrogen and oxygen atoms in total. The lowest BCUT2D eigenvalue weighted by molar-refractivity contribution is 0.408. The lowest BCUT2D eigenvalue weighted by Crippen LogP contribution is -1.99. The quantitative estimate of drug-likeness (QED) is 0.817. The van der Waals surface area contributed by atoms with E-state index in [0.29, 0.717) is 11.8 Å². The van der Waals surface area contributed by atoms with Crippen LogP contribution in [0.25, 0.3) is 11.3 Å². The van der Waals surface area contributed by atoms with Crippen LogP contribution in [0.3, 0.4) is 0 Å². The van der Waals surface area contributed by atoms with Crippen molar-refractivity contribution in [3.63, 3.8) is 0 Å². The predicted octanol–water partition coefficient (Wildman–Crippen LogP) is 3.48. The minimum Gasteiger partial charge on any atom is -0.496 e. The molecule has 0 aliphatic rings. The van der Waals surface area contributed by atoms with Crippen molar-refractivity contribution < 1.29 is 17.9 Å². The third-order valence-electron chi connectivity index (χ3n) is 2.46. The second kappa shape index (κ2) is 4.68. The van der Waals surface area contributed by atoms with Crippen LogP contribution in [0.2, 0.25) is 0 Å². The summed E-state index contributed by atoms with van der Waals surface area (Å²) in [5.41, 5.74) is 0.154. The molecule has 0 N–H and O–H groups in total. The third-order valence-corrected chi connectivity index (χ3v) is 2.46. The fourth-order valence-corrected chi connectivity index (χ4v) is 1.66. The number of aromatic nitrogens is 1. The van der Waals surface area contributed by atoms with Crippen molar-refractivity contribution in [1.29, 1.82) is 0 Å². The molecule has 0 amide bonds. The van der Waals surface area contributed by atoms with Crippen molar-refractivity contribution in [1.82, 2.24) is 4.98 Å². The van der Waals surface area contributed by atoms with E-state index in [2.05, 4.69) is 4.98 Å². The summed E-state index contributed by atoms with van der Waals surface area (Å²) in [6.07, 6.45) is 0. The Balaban J connectivity index is 2.74. The fraction of sp³-hybridized carbons (Fsp3) is 0.154. The van der Waals surface area contributed by atoms with Crippen molar-refractivity contribution in [2.24, 2.45) is 0 Å². The zero-order valence-corrected chi connectivity index (χ0v) is 9.80. The number of hydrogen-bond donors (Lipinski definition) is 0. The molecule has 0 aliphatic heterocycles. The highest BCUT2D eigenvalue weighted by Crippen LogP contribution is 2.33. The highest BCUT2D eigenvalue weighted by atomic mass is 19.1. The normalized spacial score (nSPS) is 10.5. The standard InChI is InChI=1S/C13H10F3NO/c1-7-3-4-9(15)13(17-7)12-10(16)5-8(14)6-11(12)18-2/h3-6H,1-2H3. The van der Waals surface area contributed by atoms with E-state index >= 15 is 0 Å². The molecule has 2 rings (SSSR count). The van der Waals surface area contributed by atoms with E-state index in [4.69, 9.17) is 4.74 Å². The molecule has 1 heterocycles. The number of halogens is 3. The molecule has 1 aromatic heterocycles. The van der Waals surface area contributed by atoms with Crippen LogP contribution in [0.4, 0.5) is 13.2 Å². The summed E-state index contributed by atoms with van der Waals surface area (Å²) in [4.78, 5) is 3.92. The van der Waals surface area contributed by atoms with Crippen molar-refractivity contribution in [3.05, 3.63) is 47.4 Å². The van der Waals surface area contributed by atoms with E-state index in [9.17, 15) is 13.2 Å². The van der Waals surface area contributed by atoms with Gasteiger partial charge in [0, 0.05) is 17.8 Å². The molecular formula is C13H10F3NO. The van der Waals surface area contributed by atoms with Gasteiger partial charge in [-0.2, -0.15) is 0 Å². The van der Waals surface area contributed by atoms with Gasteiger partial charge in [0.1, 0.15) is 28.9 Å². The van der Waals surface area contributed by atoms with Crippen molar-refractivity contribution in [3.8, 4) is 17.0 Å². The maximum atomic E-state index is 13.8. The summed E-state index contributed by atoms with van der Waals surface area (Å²) in [5.74, 6) is -2.49. The van der Waals surface area contributed by atoms with Crippen LogP contribution in [0.15, 0.2) is 24.3 Å². The first-order valence-corrected chi connectivity index (χ1v) is 5.19. The number of ether oxygens (including phenoxy) is 1. The number of hydrogen-bond acceptors (Lipinski definition) is 2. The summed E-state index contributed by atoms with van der Waals surface area (Å²) in [5, 5.41) is 0. The molecule has 0 saturated carbocycles. The van der Waals surface area contributed by atoms with Gasteiger partial charge >= 0.3 is 0 Å². The Bertz CT molecular complexity index is 599. The molecular weight excluding hydrogens is 243 g/mol. The molecule has 0 bridgehead atoms. The Hall–Kier alpha value is -2.04. The van der Waals surface area contributed by atoms with E-state index in [-0.39, 0.29) is 17.0 Å². The number of benzene rings is 1. The van der Waals surface area contributed by atoms with E-state index in [1.165, 1.54) is 19.2 Å². The summed E-state index contributed by atoms with van der Waals surface area (Å²) < 4.78 is 45.4. The van der Waals surface area contributed by atoms with Crippen LogP contribution in [-0.4, -0.2) is 12.1 Å². The van der Waals surface area contributed by atoms with Crippen LogP contribution in [0.5, 0.6) is 5.75 Å². The number of nitrogens with zero attached hydrogens (tertiary/aromatic N) is 1. The Labute approximate surface area is 102 Å². The van der Waals surface area contributed by atoms with Gasteiger partial charge in [0.2, 0.25) is 0 Å². The highest BCUT2D eigenvalue weighted by molar-refractivity contribution is 5.68. The van der Waals surface area contributed by atoms with Gasteiger partial charge in [0.05, 0.1) is 12.7 Å². The topological polar surface area (TPSA) is 22.1 Å². The first kappa shape index (κ1) is 12.4. The highest BCUT2D eigenvalue weighted by Gasteiger charge is 2.18.